The van der Waals surface area contributed by atoms with Crippen LogP contribution in [-0.4, -0.2) is 98.7 Å². The Morgan fingerprint density at radius 3 is 1.18 bits per heavy atom. The Bertz CT molecular complexity index is 3700. The van der Waals surface area contributed by atoms with E-state index in [1.807, 2.05) is 47.7 Å². The standard InChI is InChI=1S/C38H48F2N2O4.C36H44F2N2O4.Li.H2O2/c1-8-46-36(45)21-29(32-19-30(15-27(7)38(32)40)37-25(5)16-31(39)17-26(37)6)20-34(43)33(14-23(2)3)42-22-28(24(4)18-35(42)44)10-13-41-11-9-12-41;1-21(2)12-31(40-20-26(22(3)16-33(40)42)8-11-39-9-7-10-39)32(41)18-27(19-34(43)44)30-17-28(13-25(6)36(30)38)35-23(4)14-29(37)15-24(35)5;;1-2/h15-19,22-23,29,33H,8-14,20-21H2,1-7H3;13-17,20-21,27,31H,7-12,18-19H2,1-6H3,(H,43,44);;1-2H/q;;+1;/p-1/t29-,33?;27-,31?;;/m00../s1. The molecule has 0 radical (unpaired) electrons. The van der Waals surface area contributed by atoms with Gasteiger partial charge < -0.3 is 39.3 Å². The molecule has 498 valence electrons. The Labute approximate surface area is 557 Å². The zero-order chi connectivity index (χ0) is 68.0. The van der Waals surface area contributed by atoms with Crippen molar-refractivity contribution in [2.45, 2.75) is 178 Å². The molecule has 2 N–H and O–H groups in total. The minimum Gasteiger partial charge on any atom is -0.727 e. The molecule has 4 aromatic carbocycles. The number of carboxylic acids is 1. The van der Waals surface area contributed by atoms with E-state index >= 15 is 8.78 Å². The summed E-state index contributed by atoms with van der Waals surface area (Å²) in [7, 11) is 0. The van der Waals surface area contributed by atoms with Crippen LogP contribution in [0.15, 0.2) is 82.6 Å². The first-order valence-corrected chi connectivity index (χ1v) is 32.2. The normalized spacial score (nSPS) is 14.3. The van der Waals surface area contributed by atoms with Crippen molar-refractivity contribution in [3.63, 3.8) is 0 Å². The maximum Gasteiger partial charge on any atom is 1.00 e. The molecule has 4 heterocycles. The number of ketones is 2. The Hall–Kier alpha value is -6.78. The Morgan fingerprint density at radius 1 is 0.516 bits per heavy atom. The molecule has 6 aromatic rings. The number of carboxylic acid groups (broad SMARTS) is 1. The number of aliphatic carboxylic acids is 1. The number of carbonyl (C=O) groups excluding carboxylic acids is 3. The fourth-order valence-electron chi connectivity index (χ4n) is 13.0. The topological polar surface area (TPSA) is 192 Å². The zero-order valence-electron chi connectivity index (χ0n) is 56.9. The number of hydrogen-bond donors (Lipinski definition) is 2. The quantitative estimate of drug-likeness (QED) is 0.0163. The van der Waals surface area contributed by atoms with Crippen molar-refractivity contribution < 1.29 is 76.0 Å². The summed E-state index contributed by atoms with van der Waals surface area (Å²) in [6.07, 6.45) is 7.32. The van der Waals surface area contributed by atoms with Crippen molar-refractivity contribution in [1.29, 1.82) is 0 Å². The van der Waals surface area contributed by atoms with Gasteiger partial charge in [-0.3, -0.25) is 28.8 Å². The fraction of sp³-hybridized carbons (Fsp3) is 0.486. The summed E-state index contributed by atoms with van der Waals surface area (Å²) in [5, 5.41) is 22.8. The number of pyridine rings is 2. The van der Waals surface area contributed by atoms with E-state index in [2.05, 4.69) is 9.80 Å². The molecule has 2 aliphatic rings. The van der Waals surface area contributed by atoms with Gasteiger partial charge in [-0.15, -0.1) is 0 Å². The number of benzene rings is 4. The van der Waals surface area contributed by atoms with Crippen LogP contribution in [0.5, 0.6) is 0 Å². The second-order valence-corrected chi connectivity index (χ2v) is 26.2. The first-order valence-electron chi connectivity index (χ1n) is 32.2. The van der Waals surface area contributed by atoms with Gasteiger partial charge in [0.1, 0.15) is 23.3 Å². The number of halogens is 4. The van der Waals surface area contributed by atoms with Gasteiger partial charge in [-0.25, -0.2) is 17.6 Å². The third-order valence-corrected chi connectivity index (χ3v) is 17.9. The monoisotopic (exact) mass is 1280 g/mol. The van der Waals surface area contributed by atoms with Crippen LogP contribution >= 0.6 is 0 Å². The van der Waals surface area contributed by atoms with E-state index in [0.29, 0.717) is 57.3 Å². The molecule has 2 aromatic heterocycles. The molecule has 0 aliphatic carbocycles. The maximum absolute atomic E-state index is 16.0. The number of nitrogens with zero attached hydrogens (tertiary/aromatic N) is 4. The average molecular weight is 1280 g/mol. The van der Waals surface area contributed by atoms with Gasteiger partial charge in [0.15, 0.2) is 11.6 Å². The molecular formula is C74H93F4LiN4O10. The van der Waals surface area contributed by atoms with Crippen LogP contribution in [0.4, 0.5) is 17.6 Å². The molecule has 0 bridgehead atoms. The van der Waals surface area contributed by atoms with Gasteiger partial charge in [0.05, 0.1) is 31.5 Å². The molecular weight excluding hydrogens is 1190 g/mol. The number of esters is 1. The van der Waals surface area contributed by atoms with Crippen LogP contribution in [0.25, 0.3) is 22.3 Å². The van der Waals surface area contributed by atoms with Crippen LogP contribution in [0.1, 0.15) is 177 Å². The van der Waals surface area contributed by atoms with E-state index in [9.17, 15) is 42.7 Å². The van der Waals surface area contributed by atoms with Crippen molar-refractivity contribution in [2.24, 2.45) is 11.8 Å². The molecule has 4 atom stereocenters. The number of hydrogen-bond acceptors (Lipinski definition) is 11. The van der Waals surface area contributed by atoms with Gasteiger partial charge in [0.25, 0.3) is 11.1 Å². The predicted octanol–water partition coefficient (Wildman–Crippen LogP) is 10.5. The summed E-state index contributed by atoms with van der Waals surface area (Å²) in [4.78, 5) is 84.6. The SMILES string of the molecule is CCOC(=O)C[C@H](CC(=O)C(CC(C)C)n1cc(CCN2CCC2)c(C)cc1=O)c1cc(-c2c(C)cc(F)cc2C)cc(C)c1F.Cc1cc(=O)n(C(CC(C)C)C(=O)C[C@@H](CC(=O)O)c2cc(-c3c(C)cc(F)cc3C)cc(C)c2F)cc1CCN1CCC1.[Li+].[O-]O. The van der Waals surface area contributed by atoms with E-state index < -0.39 is 53.9 Å². The number of likely N-dealkylation sites (tertiary alicyclic amines) is 2. The summed E-state index contributed by atoms with van der Waals surface area (Å²) in [5.41, 5.74) is 9.89. The number of aromatic nitrogens is 2. The second-order valence-electron chi connectivity index (χ2n) is 26.2. The summed E-state index contributed by atoms with van der Waals surface area (Å²) in [6.45, 7) is 30.1. The Balaban J connectivity index is 0.000000325. The number of Topliss-reactive ketones (excluding diaryl/α,β-unsaturated/α-hetero) is 2. The van der Waals surface area contributed by atoms with Crippen LogP contribution in [0.3, 0.4) is 0 Å². The van der Waals surface area contributed by atoms with E-state index in [4.69, 9.17) is 15.3 Å². The Morgan fingerprint density at radius 2 is 0.871 bits per heavy atom. The maximum atomic E-state index is 16.0. The number of aryl methyl sites for hydroxylation is 8. The molecule has 2 unspecified atom stereocenters. The molecule has 14 nitrogen and oxygen atoms in total. The van der Waals surface area contributed by atoms with Crippen LogP contribution in [0, 0.1) is 90.5 Å². The number of ether oxygens (including phenoxy) is 1. The van der Waals surface area contributed by atoms with Gasteiger partial charge in [-0.05, 0) is 276 Å². The smallest absolute Gasteiger partial charge is 0.727 e. The van der Waals surface area contributed by atoms with Crippen molar-refractivity contribution >= 4 is 23.5 Å². The fourth-order valence-corrected chi connectivity index (χ4v) is 13.0. The van der Waals surface area contributed by atoms with Crippen molar-refractivity contribution in [3.8, 4) is 22.3 Å². The average Bonchev–Trinajstić information content (AvgIpc) is 0.814. The molecule has 0 amide bonds. The van der Waals surface area contributed by atoms with E-state index in [-0.39, 0.29) is 102 Å². The van der Waals surface area contributed by atoms with Crippen molar-refractivity contribution in [1.82, 2.24) is 18.9 Å². The molecule has 2 fully saturated rings. The molecule has 19 heteroatoms. The van der Waals surface area contributed by atoms with Gasteiger partial charge >= 0.3 is 30.8 Å². The summed E-state index contributed by atoms with van der Waals surface area (Å²) >= 11 is 0. The van der Waals surface area contributed by atoms with Crippen LogP contribution in [-0.2, 0) is 36.8 Å². The van der Waals surface area contributed by atoms with Gasteiger partial charge in [-0.2, -0.15) is 0 Å². The molecule has 2 aliphatic heterocycles. The number of rotatable bonds is 27. The van der Waals surface area contributed by atoms with Crippen LogP contribution < -0.4 is 35.2 Å². The molecule has 0 saturated carbocycles. The first-order chi connectivity index (χ1) is 43.5. The molecule has 2 saturated heterocycles. The summed E-state index contributed by atoms with van der Waals surface area (Å²) < 4.78 is 68.3. The van der Waals surface area contributed by atoms with Gasteiger partial charge in [-0.1, -0.05) is 27.7 Å². The second kappa shape index (κ2) is 35.1. The Kier molecular flexibility index (Phi) is 29.0. The van der Waals surface area contributed by atoms with Crippen molar-refractivity contribution in [3.05, 3.63) is 184 Å². The first kappa shape index (κ1) is 76.9. The minimum absolute atomic E-state index is 0. The third-order valence-electron chi connectivity index (χ3n) is 17.9. The van der Waals surface area contributed by atoms with Crippen molar-refractivity contribution in [2.75, 3.05) is 45.9 Å². The van der Waals surface area contributed by atoms with Gasteiger partial charge in [0.2, 0.25) is 0 Å². The van der Waals surface area contributed by atoms with Crippen LogP contribution in [0.2, 0.25) is 0 Å². The molecule has 0 spiro atoms. The molecule has 93 heavy (non-hydrogen) atoms. The minimum atomic E-state index is -1.15. The van der Waals surface area contributed by atoms with E-state index in [1.54, 1.807) is 95.6 Å². The number of carbonyl (C=O) groups is 4. The molecule has 8 rings (SSSR count). The van der Waals surface area contributed by atoms with E-state index in [0.717, 1.165) is 85.5 Å². The largest absolute Gasteiger partial charge is 1.00 e. The van der Waals surface area contributed by atoms with Gasteiger partial charge in [0, 0.05) is 62.3 Å². The summed E-state index contributed by atoms with van der Waals surface area (Å²) in [5.74, 6) is -5.61. The summed E-state index contributed by atoms with van der Waals surface area (Å²) in [6, 6.07) is 13.9. The third kappa shape index (κ3) is 20.4. The van der Waals surface area contributed by atoms with E-state index in [1.165, 1.54) is 41.7 Å². The predicted molar refractivity (Wildman–Crippen MR) is 350 cm³/mol. The zero-order valence-corrected chi connectivity index (χ0v) is 56.9.